The van der Waals surface area contributed by atoms with Crippen LogP contribution in [0, 0.1) is 16.6 Å². The van der Waals surface area contributed by atoms with E-state index in [1.807, 2.05) is 6.92 Å². The van der Waals surface area contributed by atoms with Gasteiger partial charge in [0, 0.05) is 75.1 Å². The maximum atomic E-state index is 15.0. The molecule has 0 aliphatic carbocycles. The molecule has 2 aliphatic heterocycles. The van der Waals surface area contributed by atoms with E-state index in [-0.39, 0.29) is 30.1 Å². The van der Waals surface area contributed by atoms with Crippen LogP contribution in [-0.2, 0) is 4.74 Å². The molecule has 0 unspecified atom stereocenters. The molecule has 1 saturated heterocycles. The fourth-order valence-electron chi connectivity index (χ4n) is 4.11. The third-order valence-corrected chi connectivity index (χ3v) is 6.21. The van der Waals surface area contributed by atoms with Crippen LogP contribution in [0.5, 0.6) is 0 Å². The largest absolute Gasteiger partial charge is 0.391 e. The van der Waals surface area contributed by atoms with Crippen molar-refractivity contribution in [2.45, 2.75) is 32.2 Å². The second kappa shape index (κ2) is 11.6. The minimum absolute atomic E-state index is 0.0454. The topological polar surface area (TPSA) is 125 Å². The molecule has 9 nitrogen and oxygen atoms in total. The zero-order valence-electron chi connectivity index (χ0n) is 20.0. The second-order valence-electron chi connectivity index (χ2n) is 8.34. The van der Waals surface area contributed by atoms with Crippen molar-refractivity contribution < 1.29 is 13.9 Å². The Morgan fingerprint density at radius 3 is 2.59 bits per heavy atom. The maximum Gasteiger partial charge on any atom is 0.317 e. The van der Waals surface area contributed by atoms with Crippen molar-refractivity contribution in [2.24, 2.45) is 0 Å². The molecule has 34 heavy (non-hydrogen) atoms. The maximum absolute atomic E-state index is 15.0. The van der Waals surface area contributed by atoms with E-state index in [4.69, 9.17) is 15.6 Å². The average molecular weight is 472 g/mol. The number of allylic oxidation sites excluding steroid dienone is 2. The molecule has 0 atom stereocenters. The molecule has 0 saturated carbocycles. The van der Waals surface area contributed by atoms with E-state index in [0.717, 1.165) is 24.2 Å². The first kappa shape index (κ1) is 25.2. The van der Waals surface area contributed by atoms with E-state index in [1.54, 1.807) is 31.1 Å². The second-order valence-corrected chi connectivity index (χ2v) is 8.34. The van der Waals surface area contributed by atoms with Gasteiger partial charge in [0.1, 0.15) is 11.7 Å². The van der Waals surface area contributed by atoms with Gasteiger partial charge in [-0.25, -0.2) is 9.18 Å². The highest BCUT2D eigenvalue weighted by Gasteiger charge is 2.27. The monoisotopic (exact) mass is 471 g/mol. The van der Waals surface area contributed by atoms with Crippen molar-refractivity contribution in [3.8, 4) is 0 Å². The normalized spacial score (nSPS) is 17.6. The quantitative estimate of drug-likeness (QED) is 0.269. The van der Waals surface area contributed by atoms with E-state index in [9.17, 15) is 9.18 Å². The number of rotatable bonds is 7. The number of halogens is 1. The summed E-state index contributed by atoms with van der Waals surface area (Å²) in [6.45, 7) is 3.99. The van der Waals surface area contributed by atoms with Crippen LogP contribution in [0.25, 0.3) is 5.57 Å². The summed E-state index contributed by atoms with van der Waals surface area (Å²) in [4.78, 5) is 13.9. The molecule has 1 fully saturated rings. The van der Waals surface area contributed by atoms with E-state index in [0.29, 0.717) is 42.9 Å². The van der Waals surface area contributed by atoms with Gasteiger partial charge in [0.05, 0.1) is 12.2 Å². The van der Waals surface area contributed by atoms with Crippen LogP contribution in [-0.4, -0.2) is 69.4 Å². The third-order valence-electron chi connectivity index (χ3n) is 6.21. The van der Waals surface area contributed by atoms with Crippen molar-refractivity contribution in [2.75, 3.05) is 45.7 Å². The van der Waals surface area contributed by atoms with Crippen molar-refractivity contribution in [3.05, 3.63) is 46.5 Å². The van der Waals surface area contributed by atoms with Crippen LogP contribution >= 0.6 is 0 Å². The number of anilines is 1. The number of amides is 2. The minimum atomic E-state index is -0.524. The first-order valence-electron chi connectivity index (χ1n) is 11.5. The lowest BCUT2D eigenvalue weighted by atomic mass is 10.0. The van der Waals surface area contributed by atoms with Crippen LogP contribution in [0.4, 0.5) is 14.9 Å². The van der Waals surface area contributed by atoms with Crippen LogP contribution in [0.2, 0.25) is 0 Å². The Morgan fingerprint density at radius 2 is 1.97 bits per heavy atom. The molecule has 1 aromatic rings. The average Bonchev–Trinajstić information content (AvgIpc) is 2.86. The van der Waals surface area contributed by atoms with Gasteiger partial charge in [0.25, 0.3) is 0 Å². The van der Waals surface area contributed by atoms with E-state index in [1.165, 1.54) is 12.3 Å². The van der Waals surface area contributed by atoms with Crippen molar-refractivity contribution in [1.82, 2.24) is 20.9 Å². The highest BCUT2D eigenvalue weighted by Crippen LogP contribution is 2.24. The van der Waals surface area contributed by atoms with Gasteiger partial charge in [-0.1, -0.05) is 6.07 Å². The Bertz CT molecular complexity index is 999. The van der Waals surface area contributed by atoms with Gasteiger partial charge in [0.15, 0.2) is 0 Å². The molecule has 0 radical (unpaired) electrons. The van der Waals surface area contributed by atoms with E-state index >= 15 is 0 Å². The lowest BCUT2D eigenvalue weighted by molar-refractivity contribution is 0.0798. The number of ether oxygens (including phenoxy) is 1. The van der Waals surface area contributed by atoms with E-state index in [2.05, 4.69) is 21.3 Å². The Hall–Kier alpha value is -3.40. The fraction of sp³-hybridized carbons (Fsp3) is 0.458. The number of hydrogen-bond donors (Lipinski definition) is 6. The third kappa shape index (κ3) is 5.93. The van der Waals surface area contributed by atoms with Gasteiger partial charge < -0.3 is 36.3 Å². The zero-order chi connectivity index (χ0) is 24.7. The van der Waals surface area contributed by atoms with Gasteiger partial charge in [-0.05, 0) is 37.5 Å². The number of nitrogens with one attached hydrogen (secondary N) is 6. The van der Waals surface area contributed by atoms with Gasteiger partial charge in [-0.15, -0.1) is 0 Å². The smallest absolute Gasteiger partial charge is 0.317 e. The molecule has 0 spiro atoms. The minimum Gasteiger partial charge on any atom is -0.391 e. The molecule has 1 aromatic carbocycles. The number of amidine groups is 1. The van der Waals surface area contributed by atoms with Crippen molar-refractivity contribution in [3.63, 3.8) is 0 Å². The van der Waals surface area contributed by atoms with Crippen molar-refractivity contribution in [1.29, 1.82) is 10.8 Å². The lowest BCUT2D eigenvalue weighted by Crippen LogP contribution is -2.47. The van der Waals surface area contributed by atoms with Gasteiger partial charge in [-0.2, -0.15) is 0 Å². The zero-order valence-corrected chi connectivity index (χ0v) is 20.0. The number of benzene rings is 1. The van der Waals surface area contributed by atoms with Gasteiger partial charge >= 0.3 is 6.03 Å². The molecule has 3 rings (SSSR count). The molecule has 0 bridgehead atoms. The van der Waals surface area contributed by atoms with E-state index < -0.39 is 5.82 Å². The SMILES string of the molecule is CNC(=O)N1CCC(NC2CCOCC2)=C(C(=N)Nc2ccc(/C(C=N)=C(\C)NC)cc2F)C1. The first-order valence-corrected chi connectivity index (χ1v) is 11.5. The number of nitrogens with zero attached hydrogens (tertiary/aromatic N) is 1. The predicted molar refractivity (Wildman–Crippen MR) is 133 cm³/mol. The Morgan fingerprint density at radius 1 is 1.24 bits per heavy atom. The standard InChI is InChI=1S/C24H34FN7O2/c1-15(28-2)18(13-26)16-4-5-22(20(25)12-16)31-23(27)19-14-32(24(33)29-3)9-6-21(19)30-17-7-10-34-11-8-17/h4-5,12-13,17,26,28,30H,6-11,14H2,1-3H3,(H2,27,31)(H,29,33)/b18-15+,26-13?. The predicted octanol–water partition coefficient (Wildman–Crippen LogP) is 2.88. The molecule has 184 valence electrons. The molecule has 10 heteroatoms. The van der Waals surface area contributed by atoms with Crippen LogP contribution < -0.4 is 21.3 Å². The summed E-state index contributed by atoms with van der Waals surface area (Å²) < 4.78 is 20.4. The highest BCUT2D eigenvalue weighted by atomic mass is 19.1. The number of hydrogen-bond acceptors (Lipinski definition) is 6. The molecular formula is C24H34FN7O2. The number of urea groups is 1. The van der Waals surface area contributed by atoms with Crippen molar-refractivity contribution >= 4 is 29.3 Å². The van der Waals surface area contributed by atoms with Gasteiger partial charge in [0.2, 0.25) is 0 Å². The van der Waals surface area contributed by atoms with Crippen LogP contribution in [0.1, 0.15) is 31.7 Å². The highest BCUT2D eigenvalue weighted by molar-refractivity contribution is 6.10. The van der Waals surface area contributed by atoms with Crippen LogP contribution in [0.15, 0.2) is 35.2 Å². The summed E-state index contributed by atoms with van der Waals surface area (Å²) >= 11 is 0. The summed E-state index contributed by atoms with van der Waals surface area (Å²) in [6, 6.07) is 4.67. The number of carbonyl (C=O) groups is 1. The summed E-state index contributed by atoms with van der Waals surface area (Å²) in [7, 11) is 3.33. The van der Waals surface area contributed by atoms with Crippen LogP contribution in [0.3, 0.4) is 0 Å². The Kier molecular flexibility index (Phi) is 8.64. The Labute approximate surface area is 199 Å². The molecule has 2 heterocycles. The summed E-state index contributed by atoms with van der Waals surface area (Å²) in [5, 5.41) is 28.4. The molecular weight excluding hydrogens is 437 g/mol. The first-order chi connectivity index (χ1) is 16.4. The molecule has 0 aromatic heterocycles. The lowest BCUT2D eigenvalue weighted by Gasteiger charge is -2.34. The molecule has 2 aliphatic rings. The number of carbonyl (C=O) groups excluding carboxylic acids is 1. The molecule has 6 N–H and O–H groups in total. The summed E-state index contributed by atoms with van der Waals surface area (Å²) in [5.74, 6) is -0.479. The Balaban J connectivity index is 1.84. The summed E-state index contributed by atoms with van der Waals surface area (Å²) in [6.07, 6.45) is 3.52. The molecule has 2 amide bonds. The fourth-order valence-corrected chi connectivity index (χ4v) is 4.11. The van der Waals surface area contributed by atoms with Gasteiger partial charge in [-0.3, -0.25) is 5.41 Å². The summed E-state index contributed by atoms with van der Waals surface area (Å²) in [5.41, 5.74) is 3.61.